The van der Waals surface area contributed by atoms with Gasteiger partial charge in [-0.1, -0.05) is 146 Å². The monoisotopic (exact) mass is 709 g/mol. The van der Waals surface area contributed by atoms with Crippen molar-refractivity contribution in [1.82, 2.24) is 14.5 Å². The summed E-state index contributed by atoms with van der Waals surface area (Å²) in [5.74, 6) is 0.744. The molecule has 6 aromatic carbocycles. The number of aromatic nitrogens is 3. The molecule has 0 spiro atoms. The van der Waals surface area contributed by atoms with E-state index in [4.69, 9.17) is 14.4 Å². The molecule has 0 N–H and O–H groups in total. The first-order valence-corrected chi connectivity index (χ1v) is 19.3. The van der Waals surface area contributed by atoms with E-state index in [0.29, 0.717) is 11.5 Å². The van der Waals surface area contributed by atoms with Crippen LogP contribution in [0.25, 0.3) is 92.6 Å². The van der Waals surface area contributed by atoms with Crippen molar-refractivity contribution in [2.24, 2.45) is 0 Å². The summed E-state index contributed by atoms with van der Waals surface area (Å²) in [6, 6.07) is 49.6. The third kappa shape index (κ3) is 3.97. The zero-order chi connectivity index (χ0) is 35.5. The lowest BCUT2D eigenvalue weighted by atomic mass is 9.63. The van der Waals surface area contributed by atoms with Gasteiger partial charge in [0.25, 0.3) is 0 Å². The number of para-hydroxylation sites is 2. The third-order valence-electron chi connectivity index (χ3n) is 11.7. The van der Waals surface area contributed by atoms with Gasteiger partial charge in [0.2, 0.25) is 5.71 Å². The molecule has 0 saturated carbocycles. The Kier molecular flexibility index (Phi) is 6.09. The second-order valence-corrected chi connectivity index (χ2v) is 15.7. The molecule has 0 bridgehead atoms. The van der Waals surface area contributed by atoms with E-state index in [1.807, 2.05) is 29.5 Å². The van der Waals surface area contributed by atoms with Crippen LogP contribution in [0.15, 0.2) is 168 Å². The minimum atomic E-state index is -0.234. The van der Waals surface area contributed by atoms with Gasteiger partial charge >= 0.3 is 0 Å². The zero-order valence-corrected chi connectivity index (χ0v) is 30.1. The Balaban J connectivity index is 1.21. The van der Waals surface area contributed by atoms with E-state index < -0.39 is 0 Å². The van der Waals surface area contributed by atoms with Crippen LogP contribution in [-0.2, 0) is 5.41 Å². The predicted octanol–water partition coefficient (Wildman–Crippen LogP) is 13.2. The fourth-order valence-corrected chi connectivity index (χ4v) is 10.7. The largest absolute Gasteiger partial charge is 0.437 e. The molecule has 2 aliphatic carbocycles. The molecule has 254 valence electrons. The summed E-state index contributed by atoms with van der Waals surface area (Å²) in [6.07, 6.45) is 9.30. The lowest BCUT2D eigenvalue weighted by molar-refractivity contribution is 0.511. The Morgan fingerprint density at radius 1 is 0.685 bits per heavy atom. The van der Waals surface area contributed by atoms with Gasteiger partial charge in [-0.2, -0.15) is 4.98 Å². The van der Waals surface area contributed by atoms with E-state index >= 15 is 0 Å². The fraction of sp³-hybridized carbons (Fsp3) is 0.0612. The van der Waals surface area contributed by atoms with Crippen molar-refractivity contribution in [2.45, 2.75) is 18.3 Å². The molecular weight excluding hydrogens is 679 g/mol. The van der Waals surface area contributed by atoms with Gasteiger partial charge in [0.05, 0.1) is 22.3 Å². The quantitative estimate of drug-likeness (QED) is 0.183. The minimum absolute atomic E-state index is 0.106. The van der Waals surface area contributed by atoms with E-state index in [9.17, 15) is 0 Å². The summed E-state index contributed by atoms with van der Waals surface area (Å²) in [6.45, 7) is 2.43. The molecule has 12 rings (SSSR count). The Bertz CT molecular complexity index is 3250. The Labute approximate surface area is 315 Å². The first-order valence-electron chi connectivity index (χ1n) is 18.5. The van der Waals surface area contributed by atoms with Crippen LogP contribution in [0.5, 0.6) is 0 Å². The molecule has 4 nitrogen and oxygen atoms in total. The zero-order valence-electron chi connectivity index (χ0n) is 29.3. The van der Waals surface area contributed by atoms with Crippen molar-refractivity contribution >= 4 is 65.2 Å². The minimum Gasteiger partial charge on any atom is -0.437 e. The number of thiophene rings is 1. The molecule has 4 heterocycles. The number of allylic oxidation sites excluding steroid dienone is 4. The van der Waals surface area contributed by atoms with E-state index in [0.717, 1.165) is 49.6 Å². The number of rotatable bonds is 3. The highest BCUT2D eigenvalue weighted by atomic mass is 32.1. The van der Waals surface area contributed by atoms with Gasteiger partial charge in [0, 0.05) is 59.5 Å². The van der Waals surface area contributed by atoms with Crippen LogP contribution in [0.1, 0.15) is 24.1 Å². The van der Waals surface area contributed by atoms with Crippen LogP contribution in [0.3, 0.4) is 0 Å². The van der Waals surface area contributed by atoms with Crippen molar-refractivity contribution in [2.75, 3.05) is 0 Å². The third-order valence-corrected chi connectivity index (χ3v) is 12.9. The molecule has 0 radical (unpaired) electrons. The second kappa shape index (κ2) is 11.0. The SMILES string of the molecule is CC12C=CC=CC1c1c(c3ccccc3n1-c1ccccc1-c1nc(-c3ccccc3)nc3oc4c5ccccc5ccc4c13)-c1sc3ccccc3c12. The summed E-state index contributed by atoms with van der Waals surface area (Å²) in [4.78, 5) is 11.9. The summed E-state index contributed by atoms with van der Waals surface area (Å²) in [5, 5.41) is 6.74. The lowest BCUT2D eigenvalue weighted by Gasteiger charge is -2.41. The van der Waals surface area contributed by atoms with E-state index in [2.05, 4.69) is 157 Å². The number of hydrogen-bond acceptors (Lipinski definition) is 4. The molecule has 0 fully saturated rings. The topological polar surface area (TPSA) is 43.9 Å². The molecule has 0 amide bonds. The van der Waals surface area contributed by atoms with Crippen molar-refractivity contribution < 1.29 is 4.42 Å². The first-order chi connectivity index (χ1) is 26.7. The molecule has 54 heavy (non-hydrogen) atoms. The van der Waals surface area contributed by atoms with Gasteiger partial charge in [-0.25, -0.2) is 4.98 Å². The van der Waals surface area contributed by atoms with Crippen molar-refractivity contribution in [3.63, 3.8) is 0 Å². The average Bonchev–Trinajstić information content (AvgIpc) is 3.91. The number of furan rings is 1. The molecule has 2 aliphatic rings. The summed E-state index contributed by atoms with van der Waals surface area (Å²) >= 11 is 1.92. The highest BCUT2D eigenvalue weighted by molar-refractivity contribution is 7.22. The van der Waals surface area contributed by atoms with Gasteiger partial charge in [0.1, 0.15) is 5.58 Å². The predicted molar refractivity (Wildman–Crippen MR) is 224 cm³/mol. The van der Waals surface area contributed by atoms with Crippen LogP contribution in [0, 0.1) is 0 Å². The van der Waals surface area contributed by atoms with Crippen LogP contribution in [0.2, 0.25) is 0 Å². The van der Waals surface area contributed by atoms with Gasteiger partial charge < -0.3 is 8.98 Å². The van der Waals surface area contributed by atoms with Crippen molar-refractivity contribution in [1.29, 1.82) is 0 Å². The molecular formula is C49H31N3OS. The molecule has 4 aromatic heterocycles. The smallest absolute Gasteiger partial charge is 0.231 e. The van der Waals surface area contributed by atoms with Crippen LogP contribution in [0.4, 0.5) is 0 Å². The van der Waals surface area contributed by atoms with Crippen LogP contribution >= 0.6 is 11.3 Å². The van der Waals surface area contributed by atoms with Crippen molar-refractivity contribution in [3.05, 3.63) is 175 Å². The summed E-state index contributed by atoms with van der Waals surface area (Å²) < 4.78 is 10.6. The first kappa shape index (κ1) is 30.0. The maximum Gasteiger partial charge on any atom is 0.231 e. The molecule has 0 aliphatic heterocycles. The van der Waals surface area contributed by atoms with E-state index in [1.54, 1.807) is 0 Å². The number of benzene rings is 6. The number of hydrogen-bond donors (Lipinski definition) is 0. The highest BCUT2D eigenvalue weighted by Crippen LogP contribution is 2.61. The normalized spacial score (nSPS) is 17.5. The Morgan fingerprint density at radius 2 is 1.44 bits per heavy atom. The van der Waals surface area contributed by atoms with Gasteiger partial charge in [-0.3, -0.25) is 0 Å². The summed E-state index contributed by atoms with van der Waals surface area (Å²) in [7, 11) is 0. The standard InChI is InChI=1S/C49H31N3OS/c1-49-28-14-13-22-36(49)44-41(46-42(49)34-21-9-12-25-39(34)54-46)32-19-7-10-23-37(32)52(44)38-24-11-8-20-33(38)43-40-35-27-26-29-15-5-6-18-31(29)45(35)53-48(40)51-47(50-43)30-16-3-2-4-17-30/h2-28,36H,1H3. The average molecular weight is 710 g/mol. The lowest BCUT2D eigenvalue weighted by Crippen LogP contribution is -2.33. The second-order valence-electron chi connectivity index (χ2n) is 14.6. The van der Waals surface area contributed by atoms with Gasteiger partial charge in [-0.05, 0) is 40.6 Å². The van der Waals surface area contributed by atoms with Crippen LogP contribution in [-0.4, -0.2) is 14.5 Å². The molecule has 2 unspecified atom stereocenters. The van der Waals surface area contributed by atoms with Gasteiger partial charge in [0.15, 0.2) is 5.82 Å². The van der Waals surface area contributed by atoms with Gasteiger partial charge in [-0.15, -0.1) is 11.3 Å². The molecule has 5 heteroatoms. The van der Waals surface area contributed by atoms with Crippen LogP contribution < -0.4 is 0 Å². The van der Waals surface area contributed by atoms with E-state index in [-0.39, 0.29) is 11.3 Å². The summed E-state index contributed by atoms with van der Waals surface area (Å²) in [5.41, 5.74) is 10.3. The maximum absolute atomic E-state index is 6.76. The Hall–Kier alpha value is -6.56. The Morgan fingerprint density at radius 3 is 2.35 bits per heavy atom. The number of fused-ring (bicyclic) bond motifs is 15. The highest BCUT2D eigenvalue weighted by Gasteiger charge is 2.46. The molecule has 2 atom stereocenters. The molecule has 0 saturated heterocycles. The maximum atomic E-state index is 6.76. The van der Waals surface area contributed by atoms with E-state index in [1.165, 1.54) is 42.7 Å². The fourth-order valence-electron chi connectivity index (χ4n) is 9.34. The molecule has 10 aromatic rings. The number of nitrogens with zero attached hydrogens (tertiary/aromatic N) is 3. The van der Waals surface area contributed by atoms with Crippen molar-refractivity contribution in [3.8, 4) is 38.8 Å².